The summed E-state index contributed by atoms with van der Waals surface area (Å²) in [4.78, 5) is 17.2. The molecule has 0 fully saturated rings. The lowest BCUT2D eigenvalue weighted by atomic mass is 10.1. The predicted molar refractivity (Wildman–Crippen MR) is 86.1 cm³/mol. The van der Waals surface area contributed by atoms with Crippen LogP contribution in [0.1, 0.15) is 22.6 Å². The van der Waals surface area contributed by atoms with Gasteiger partial charge in [-0.3, -0.25) is 4.79 Å². The minimum Gasteiger partial charge on any atom is -0.508 e. The molecule has 0 aliphatic heterocycles. The van der Waals surface area contributed by atoms with Crippen LogP contribution in [0.2, 0.25) is 0 Å². The van der Waals surface area contributed by atoms with Gasteiger partial charge in [-0.2, -0.15) is 0 Å². The zero-order chi connectivity index (χ0) is 15.5. The van der Waals surface area contributed by atoms with E-state index in [1.165, 1.54) is 12.1 Å². The largest absolute Gasteiger partial charge is 0.508 e. The summed E-state index contributed by atoms with van der Waals surface area (Å²) in [6, 6.07) is 14.0. The zero-order valence-electron chi connectivity index (χ0n) is 12.1. The molecule has 0 radical (unpaired) electrons. The Balaban J connectivity index is 2.12. The number of para-hydroxylation sites is 2. The van der Waals surface area contributed by atoms with Crippen molar-refractivity contribution in [1.82, 2.24) is 9.55 Å². The quantitative estimate of drug-likeness (QED) is 0.578. The Kier molecular flexibility index (Phi) is 3.74. The third kappa shape index (κ3) is 2.51. The molecule has 0 aliphatic carbocycles. The van der Waals surface area contributed by atoms with Gasteiger partial charge in [-0.25, -0.2) is 4.98 Å². The molecule has 0 aliphatic rings. The lowest BCUT2D eigenvalue weighted by Gasteiger charge is -2.07. The van der Waals surface area contributed by atoms with Crippen LogP contribution in [0.5, 0.6) is 5.75 Å². The number of nitrogens with zero attached hydrogens (tertiary/aromatic N) is 2. The van der Waals surface area contributed by atoms with Gasteiger partial charge < -0.3 is 9.67 Å². The molecule has 4 nitrogen and oxygen atoms in total. The molecular formula is C18H16N2O2. The van der Waals surface area contributed by atoms with Crippen molar-refractivity contribution in [3.05, 3.63) is 72.6 Å². The Morgan fingerprint density at radius 1 is 1.23 bits per heavy atom. The van der Waals surface area contributed by atoms with Gasteiger partial charge in [0.25, 0.3) is 0 Å². The number of hydrogen-bond donors (Lipinski definition) is 1. The molecule has 1 heterocycles. The molecule has 4 heteroatoms. The van der Waals surface area contributed by atoms with E-state index in [1.807, 2.05) is 34.9 Å². The van der Waals surface area contributed by atoms with E-state index in [9.17, 15) is 9.90 Å². The highest BCUT2D eigenvalue weighted by Crippen LogP contribution is 2.20. The van der Waals surface area contributed by atoms with Crippen molar-refractivity contribution >= 4 is 16.8 Å². The number of carbonyl (C=O) groups excluding carboxylic acids is 1. The van der Waals surface area contributed by atoms with Crippen molar-refractivity contribution in [1.29, 1.82) is 0 Å². The maximum atomic E-state index is 12.7. The second-order valence-electron chi connectivity index (χ2n) is 5.03. The molecule has 110 valence electrons. The first kappa shape index (κ1) is 14.1. The van der Waals surface area contributed by atoms with Crippen LogP contribution >= 0.6 is 0 Å². The van der Waals surface area contributed by atoms with Gasteiger partial charge in [0.15, 0.2) is 5.82 Å². The van der Waals surface area contributed by atoms with E-state index in [0.717, 1.165) is 17.5 Å². The number of ketones is 1. The van der Waals surface area contributed by atoms with E-state index in [2.05, 4.69) is 11.6 Å². The van der Waals surface area contributed by atoms with E-state index >= 15 is 0 Å². The topological polar surface area (TPSA) is 55.1 Å². The smallest absolute Gasteiger partial charge is 0.228 e. The van der Waals surface area contributed by atoms with Gasteiger partial charge >= 0.3 is 0 Å². The van der Waals surface area contributed by atoms with Gasteiger partial charge in [0.1, 0.15) is 5.75 Å². The van der Waals surface area contributed by atoms with Crippen LogP contribution in [-0.4, -0.2) is 20.4 Å². The fourth-order valence-electron chi connectivity index (χ4n) is 2.47. The lowest BCUT2D eigenvalue weighted by Crippen LogP contribution is -2.11. The molecule has 0 spiro atoms. The standard InChI is InChI=1S/C18H16N2O2/c1-2-3-11-20-16-10-5-4-9-15(16)19-18(20)17(22)13-7-6-8-14(21)12-13/h2,4-10,12,21H,1,3,11H2. The SMILES string of the molecule is C=CCCn1c(C(=O)c2cccc(O)c2)nc2ccccc21. The molecule has 0 amide bonds. The van der Waals surface area contributed by atoms with Gasteiger partial charge in [-0.05, 0) is 30.7 Å². The predicted octanol–water partition coefficient (Wildman–Crippen LogP) is 3.55. The molecule has 0 unspecified atom stereocenters. The average Bonchev–Trinajstić information content (AvgIpc) is 2.90. The third-order valence-corrected chi connectivity index (χ3v) is 3.52. The monoisotopic (exact) mass is 292 g/mol. The number of carbonyl (C=O) groups is 1. The van der Waals surface area contributed by atoms with Gasteiger partial charge in [-0.15, -0.1) is 6.58 Å². The summed E-state index contributed by atoms with van der Waals surface area (Å²) in [7, 11) is 0. The summed E-state index contributed by atoms with van der Waals surface area (Å²) < 4.78 is 1.91. The van der Waals surface area contributed by atoms with E-state index in [1.54, 1.807) is 12.1 Å². The Morgan fingerprint density at radius 3 is 2.82 bits per heavy atom. The molecule has 3 rings (SSSR count). The van der Waals surface area contributed by atoms with Crippen LogP contribution in [0, 0.1) is 0 Å². The van der Waals surface area contributed by atoms with Crippen LogP contribution in [0.25, 0.3) is 11.0 Å². The Morgan fingerprint density at radius 2 is 2.05 bits per heavy atom. The zero-order valence-corrected chi connectivity index (χ0v) is 12.1. The number of benzene rings is 2. The van der Waals surface area contributed by atoms with Crippen molar-refractivity contribution in [3.8, 4) is 5.75 Å². The van der Waals surface area contributed by atoms with Crippen LogP contribution in [0.15, 0.2) is 61.2 Å². The summed E-state index contributed by atoms with van der Waals surface area (Å²) in [6.45, 7) is 4.38. The summed E-state index contributed by atoms with van der Waals surface area (Å²) in [5.74, 6) is 0.254. The van der Waals surface area contributed by atoms with Crippen LogP contribution in [0.4, 0.5) is 0 Å². The highest BCUT2D eigenvalue weighted by molar-refractivity contribution is 6.08. The summed E-state index contributed by atoms with van der Waals surface area (Å²) in [5.41, 5.74) is 2.14. The first-order valence-corrected chi connectivity index (χ1v) is 7.10. The molecule has 22 heavy (non-hydrogen) atoms. The maximum Gasteiger partial charge on any atom is 0.228 e. The van der Waals surface area contributed by atoms with Gasteiger partial charge in [-0.1, -0.05) is 30.3 Å². The lowest BCUT2D eigenvalue weighted by molar-refractivity contribution is 0.102. The van der Waals surface area contributed by atoms with Gasteiger partial charge in [0.2, 0.25) is 5.78 Å². The first-order chi connectivity index (χ1) is 10.7. The van der Waals surface area contributed by atoms with E-state index < -0.39 is 0 Å². The molecule has 2 aromatic carbocycles. The number of phenols is 1. The highest BCUT2D eigenvalue weighted by Gasteiger charge is 2.18. The third-order valence-electron chi connectivity index (χ3n) is 3.52. The Hall–Kier alpha value is -2.88. The second kappa shape index (κ2) is 5.85. The number of aromatic nitrogens is 2. The number of hydrogen-bond acceptors (Lipinski definition) is 3. The van der Waals surface area contributed by atoms with E-state index in [4.69, 9.17) is 0 Å². The number of rotatable bonds is 5. The fraction of sp³-hybridized carbons (Fsp3) is 0.111. The molecule has 1 N–H and O–H groups in total. The second-order valence-corrected chi connectivity index (χ2v) is 5.03. The average molecular weight is 292 g/mol. The van der Waals surface area contributed by atoms with E-state index in [0.29, 0.717) is 17.9 Å². The van der Waals surface area contributed by atoms with Crippen molar-refractivity contribution < 1.29 is 9.90 Å². The van der Waals surface area contributed by atoms with Crippen molar-refractivity contribution in [2.75, 3.05) is 0 Å². The number of phenolic OH excluding ortho intramolecular Hbond substituents is 1. The number of imidazole rings is 1. The normalized spacial score (nSPS) is 10.7. The molecule has 0 atom stereocenters. The molecule has 3 aromatic rings. The van der Waals surface area contributed by atoms with Crippen molar-refractivity contribution in [2.45, 2.75) is 13.0 Å². The fourth-order valence-corrected chi connectivity index (χ4v) is 2.47. The van der Waals surface area contributed by atoms with Gasteiger partial charge in [0.05, 0.1) is 11.0 Å². The Labute approximate surface area is 128 Å². The number of fused-ring (bicyclic) bond motifs is 1. The van der Waals surface area contributed by atoms with Gasteiger partial charge in [0, 0.05) is 12.1 Å². The summed E-state index contributed by atoms with van der Waals surface area (Å²) >= 11 is 0. The van der Waals surface area contributed by atoms with Crippen molar-refractivity contribution in [2.24, 2.45) is 0 Å². The molecule has 0 saturated heterocycles. The minimum absolute atomic E-state index is 0.0691. The number of aromatic hydroxyl groups is 1. The number of allylic oxidation sites excluding steroid dienone is 1. The number of aryl methyl sites for hydroxylation is 1. The molecule has 0 bridgehead atoms. The Bertz CT molecular complexity index is 849. The van der Waals surface area contributed by atoms with Crippen LogP contribution in [0.3, 0.4) is 0 Å². The first-order valence-electron chi connectivity index (χ1n) is 7.10. The van der Waals surface area contributed by atoms with Crippen LogP contribution < -0.4 is 0 Å². The highest BCUT2D eigenvalue weighted by atomic mass is 16.3. The summed E-state index contributed by atoms with van der Waals surface area (Å²) in [6.07, 6.45) is 2.57. The molecule has 0 saturated carbocycles. The van der Waals surface area contributed by atoms with E-state index in [-0.39, 0.29) is 11.5 Å². The maximum absolute atomic E-state index is 12.7. The minimum atomic E-state index is -0.198. The van der Waals surface area contributed by atoms with Crippen LogP contribution in [-0.2, 0) is 6.54 Å². The summed E-state index contributed by atoms with van der Waals surface area (Å²) in [5, 5.41) is 9.57. The molecular weight excluding hydrogens is 276 g/mol. The van der Waals surface area contributed by atoms with Crippen molar-refractivity contribution in [3.63, 3.8) is 0 Å². The molecule has 1 aromatic heterocycles.